The first-order valence-electron chi connectivity index (χ1n) is 9.71. The number of rotatable bonds is 7. The van der Waals surface area contributed by atoms with Crippen molar-refractivity contribution in [2.45, 2.75) is 27.7 Å². The van der Waals surface area contributed by atoms with Crippen LogP contribution in [0.2, 0.25) is 0 Å². The molecule has 148 valence electrons. The largest absolute Gasteiger partial charge is 0.334 e. The first-order chi connectivity index (χ1) is 13.4. The van der Waals surface area contributed by atoms with Gasteiger partial charge in [0, 0.05) is 5.56 Å². The number of likely N-dealkylation sites (N-methyl/N-ethyl adjacent to an activating group) is 1. The molecule has 1 aromatic heterocycles. The maximum absolute atomic E-state index is 13.3. The minimum Gasteiger partial charge on any atom is -0.334 e. The summed E-state index contributed by atoms with van der Waals surface area (Å²) in [5.41, 5.74) is 3.79. The Balaban J connectivity index is 1.97. The van der Waals surface area contributed by atoms with E-state index < -0.39 is 0 Å². The van der Waals surface area contributed by atoms with Gasteiger partial charge in [-0.1, -0.05) is 11.3 Å². The molecular formula is C22H27FN3OS+. The van der Waals surface area contributed by atoms with E-state index in [0.29, 0.717) is 17.2 Å². The molecule has 1 heterocycles. The second-order valence-electron chi connectivity index (χ2n) is 7.07. The van der Waals surface area contributed by atoms with Crippen molar-refractivity contribution in [3.63, 3.8) is 0 Å². The van der Waals surface area contributed by atoms with Gasteiger partial charge in [-0.15, -0.1) is 0 Å². The van der Waals surface area contributed by atoms with E-state index in [9.17, 15) is 9.18 Å². The summed E-state index contributed by atoms with van der Waals surface area (Å²) < 4.78 is 14.4. The number of hydrogen-bond donors (Lipinski definition) is 1. The van der Waals surface area contributed by atoms with Crippen LogP contribution in [0.4, 0.5) is 9.52 Å². The van der Waals surface area contributed by atoms with Crippen LogP contribution in [0.1, 0.15) is 35.3 Å². The number of hydrogen-bond acceptors (Lipinski definition) is 3. The summed E-state index contributed by atoms with van der Waals surface area (Å²) in [6, 6.07) is 9.92. The predicted molar refractivity (Wildman–Crippen MR) is 114 cm³/mol. The lowest BCUT2D eigenvalue weighted by Gasteiger charge is -2.23. The lowest BCUT2D eigenvalue weighted by atomic mass is 10.1. The Kier molecular flexibility index (Phi) is 6.42. The number of benzene rings is 2. The molecule has 0 saturated carbocycles. The minimum atomic E-state index is -0.346. The van der Waals surface area contributed by atoms with Crippen LogP contribution in [0.15, 0.2) is 36.4 Å². The molecule has 0 saturated heterocycles. The van der Waals surface area contributed by atoms with E-state index in [2.05, 4.69) is 39.8 Å². The lowest BCUT2D eigenvalue weighted by molar-refractivity contribution is -0.894. The Bertz CT molecular complexity index is 925. The first-order valence-corrected chi connectivity index (χ1v) is 10.5. The van der Waals surface area contributed by atoms with Gasteiger partial charge in [0.2, 0.25) is 0 Å². The summed E-state index contributed by atoms with van der Waals surface area (Å²) in [5, 5.41) is 0.695. The zero-order chi connectivity index (χ0) is 20.3. The second kappa shape index (κ2) is 8.80. The van der Waals surface area contributed by atoms with Gasteiger partial charge in [-0.05, 0) is 75.2 Å². The van der Waals surface area contributed by atoms with E-state index >= 15 is 0 Å². The third-order valence-corrected chi connectivity index (χ3v) is 6.29. The number of nitrogens with one attached hydrogen (secondary N) is 1. The highest BCUT2D eigenvalue weighted by Crippen LogP contribution is 2.31. The number of aromatic nitrogens is 1. The van der Waals surface area contributed by atoms with Crippen LogP contribution >= 0.6 is 11.3 Å². The molecule has 0 atom stereocenters. The fraction of sp³-hybridized carbons (Fsp3) is 0.364. The van der Waals surface area contributed by atoms with Crippen molar-refractivity contribution in [3.8, 4) is 0 Å². The summed E-state index contributed by atoms with van der Waals surface area (Å²) in [7, 11) is 0. The van der Waals surface area contributed by atoms with Crippen molar-refractivity contribution in [1.82, 2.24) is 4.98 Å². The molecule has 1 N–H and O–H groups in total. The van der Waals surface area contributed by atoms with Gasteiger partial charge in [-0.3, -0.25) is 9.69 Å². The molecule has 3 aromatic rings. The number of thiazole rings is 1. The first kappa shape index (κ1) is 20.4. The molecule has 0 fully saturated rings. The Morgan fingerprint density at radius 2 is 1.75 bits per heavy atom. The maximum atomic E-state index is 13.3. The molecular weight excluding hydrogens is 373 g/mol. The van der Waals surface area contributed by atoms with Crippen molar-refractivity contribution in [2.24, 2.45) is 0 Å². The molecule has 0 spiro atoms. The standard InChI is InChI=1S/C22H26FN3OS/c1-5-25(6-2)11-12-26(21(27)17-7-9-18(23)10-8-17)22-24-19-13-15(3)16(4)14-20(19)28-22/h7-10,13-14H,5-6,11-12H2,1-4H3/p+1. The maximum Gasteiger partial charge on any atom is 0.260 e. The van der Waals surface area contributed by atoms with Gasteiger partial charge >= 0.3 is 0 Å². The molecule has 2 aromatic carbocycles. The Morgan fingerprint density at radius 1 is 1.11 bits per heavy atom. The van der Waals surface area contributed by atoms with Gasteiger partial charge < -0.3 is 4.90 Å². The lowest BCUT2D eigenvalue weighted by Crippen LogP contribution is -3.12. The zero-order valence-electron chi connectivity index (χ0n) is 16.9. The van der Waals surface area contributed by atoms with E-state index in [0.717, 1.165) is 29.9 Å². The highest BCUT2D eigenvalue weighted by atomic mass is 32.1. The van der Waals surface area contributed by atoms with Gasteiger partial charge in [-0.2, -0.15) is 0 Å². The molecule has 0 aliphatic rings. The smallest absolute Gasteiger partial charge is 0.260 e. The number of halogens is 1. The normalized spacial score (nSPS) is 11.4. The van der Waals surface area contributed by atoms with Gasteiger partial charge in [0.15, 0.2) is 5.13 Å². The van der Waals surface area contributed by atoms with Crippen LogP contribution in [-0.4, -0.2) is 37.1 Å². The molecule has 1 amide bonds. The van der Waals surface area contributed by atoms with E-state index in [4.69, 9.17) is 4.98 Å². The fourth-order valence-corrected chi connectivity index (χ4v) is 4.26. The predicted octanol–water partition coefficient (Wildman–Crippen LogP) is 3.62. The number of aryl methyl sites for hydroxylation is 2. The number of carbonyl (C=O) groups excluding carboxylic acids is 1. The van der Waals surface area contributed by atoms with Crippen molar-refractivity contribution in [3.05, 3.63) is 58.9 Å². The van der Waals surface area contributed by atoms with E-state index in [1.165, 1.54) is 51.6 Å². The third-order valence-electron chi connectivity index (χ3n) is 5.25. The average Bonchev–Trinajstić information content (AvgIpc) is 3.08. The average molecular weight is 401 g/mol. The molecule has 3 rings (SSSR count). The van der Waals surface area contributed by atoms with Crippen LogP contribution in [-0.2, 0) is 0 Å². The summed E-state index contributed by atoms with van der Waals surface area (Å²) in [6.07, 6.45) is 0. The third kappa shape index (κ3) is 4.39. The topological polar surface area (TPSA) is 37.6 Å². The number of carbonyl (C=O) groups is 1. The monoisotopic (exact) mass is 400 g/mol. The SMILES string of the molecule is CC[NH+](CC)CCN(C(=O)c1ccc(F)cc1)c1nc2cc(C)c(C)cc2s1. The van der Waals surface area contributed by atoms with Crippen LogP contribution in [0, 0.1) is 19.7 Å². The quantitative estimate of drug-likeness (QED) is 0.658. The fourth-order valence-electron chi connectivity index (χ4n) is 3.19. The molecule has 28 heavy (non-hydrogen) atoms. The van der Waals surface area contributed by atoms with Crippen molar-refractivity contribution >= 4 is 32.6 Å². The number of amides is 1. The van der Waals surface area contributed by atoms with Gasteiger partial charge in [0.1, 0.15) is 5.82 Å². The summed E-state index contributed by atoms with van der Waals surface area (Å²) >= 11 is 1.53. The van der Waals surface area contributed by atoms with Crippen molar-refractivity contribution < 1.29 is 14.1 Å². The van der Waals surface area contributed by atoms with Gasteiger partial charge in [0.25, 0.3) is 5.91 Å². The molecule has 0 bridgehead atoms. The number of nitrogens with zero attached hydrogens (tertiary/aromatic N) is 2. The van der Waals surface area contributed by atoms with Gasteiger partial charge in [-0.25, -0.2) is 9.37 Å². The Morgan fingerprint density at radius 3 is 2.39 bits per heavy atom. The molecule has 6 heteroatoms. The van der Waals surface area contributed by atoms with E-state index in [-0.39, 0.29) is 11.7 Å². The van der Waals surface area contributed by atoms with Crippen molar-refractivity contribution in [1.29, 1.82) is 0 Å². The molecule has 0 aliphatic heterocycles. The summed E-state index contributed by atoms with van der Waals surface area (Å²) in [6.45, 7) is 11.9. The van der Waals surface area contributed by atoms with E-state index in [1.54, 1.807) is 4.90 Å². The Labute approximate surface area is 169 Å². The minimum absolute atomic E-state index is 0.140. The number of fused-ring (bicyclic) bond motifs is 1. The van der Waals surface area contributed by atoms with Crippen LogP contribution in [0.3, 0.4) is 0 Å². The highest BCUT2D eigenvalue weighted by Gasteiger charge is 2.23. The van der Waals surface area contributed by atoms with Crippen molar-refractivity contribution in [2.75, 3.05) is 31.1 Å². The van der Waals surface area contributed by atoms with Crippen LogP contribution in [0.25, 0.3) is 10.2 Å². The molecule has 0 unspecified atom stereocenters. The second-order valence-corrected chi connectivity index (χ2v) is 8.08. The summed E-state index contributed by atoms with van der Waals surface area (Å²) in [5.74, 6) is -0.485. The highest BCUT2D eigenvalue weighted by molar-refractivity contribution is 7.22. The number of anilines is 1. The van der Waals surface area contributed by atoms with Crippen LogP contribution < -0.4 is 9.80 Å². The Hall–Kier alpha value is -2.31. The zero-order valence-corrected chi connectivity index (χ0v) is 17.7. The van der Waals surface area contributed by atoms with E-state index in [1.807, 2.05) is 0 Å². The number of quaternary nitrogens is 1. The van der Waals surface area contributed by atoms with Crippen LogP contribution in [0.5, 0.6) is 0 Å². The summed E-state index contributed by atoms with van der Waals surface area (Å²) in [4.78, 5) is 21.1. The molecule has 0 aliphatic carbocycles. The molecule has 4 nitrogen and oxygen atoms in total. The molecule has 0 radical (unpaired) electrons. The van der Waals surface area contributed by atoms with Gasteiger partial charge in [0.05, 0.1) is 36.4 Å².